The number of sulfone groups is 1. The number of aromatic nitrogens is 3. The molecular formula is C25H27N5O2S. The quantitative estimate of drug-likeness (QED) is 0.455. The Balaban J connectivity index is 1.48. The lowest BCUT2D eigenvalue weighted by atomic mass is 10.1. The number of likely N-dealkylation sites (N-methyl/N-ethyl adjacent to an activating group) is 1. The summed E-state index contributed by atoms with van der Waals surface area (Å²) in [6.45, 7) is 5.25. The van der Waals surface area contributed by atoms with Crippen LogP contribution in [0.4, 0.5) is 0 Å². The number of hydrogen-bond acceptors (Lipinski definition) is 6. The fraction of sp³-hybridized carbons (Fsp3) is 0.280. The number of nitrogens with zero attached hydrogens (tertiary/aromatic N) is 5. The van der Waals surface area contributed by atoms with Gasteiger partial charge in [-0.3, -0.25) is 4.90 Å². The monoisotopic (exact) mass is 461 g/mol. The standard InChI is InChI=1S/C25H27N5O2S/c1-28-12-14-29(15-13-28)18-19-6-3-8-21(16-19)25-26-24-11-5-10-23(30(24)27-25)20-7-4-9-22(17-20)33(2,31)32/h3-11,16-17H,12-15,18H2,1-2H3. The topological polar surface area (TPSA) is 70.8 Å². The Morgan fingerprint density at radius 3 is 2.39 bits per heavy atom. The summed E-state index contributed by atoms with van der Waals surface area (Å²) in [5.74, 6) is 0.655. The Morgan fingerprint density at radius 1 is 0.879 bits per heavy atom. The molecule has 2 aromatic heterocycles. The van der Waals surface area contributed by atoms with Gasteiger partial charge in [-0.2, -0.15) is 0 Å². The van der Waals surface area contributed by atoms with E-state index < -0.39 is 9.84 Å². The summed E-state index contributed by atoms with van der Waals surface area (Å²) < 4.78 is 25.8. The van der Waals surface area contributed by atoms with Gasteiger partial charge in [0.25, 0.3) is 0 Å². The third kappa shape index (κ3) is 4.68. The molecule has 0 atom stereocenters. The zero-order valence-corrected chi connectivity index (χ0v) is 19.7. The van der Waals surface area contributed by atoms with E-state index in [1.165, 1.54) is 11.8 Å². The average Bonchev–Trinajstić information content (AvgIpc) is 3.25. The molecular weight excluding hydrogens is 434 g/mol. The van der Waals surface area contributed by atoms with Crippen molar-refractivity contribution in [3.05, 3.63) is 72.3 Å². The molecule has 170 valence electrons. The predicted octanol–water partition coefficient (Wildman–Crippen LogP) is 3.21. The van der Waals surface area contributed by atoms with E-state index in [9.17, 15) is 8.42 Å². The van der Waals surface area contributed by atoms with Gasteiger partial charge in [0.15, 0.2) is 21.3 Å². The molecule has 8 heteroatoms. The molecule has 1 fully saturated rings. The molecule has 4 aromatic rings. The minimum absolute atomic E-state index is 0.286. The van der Waals surface area contributed by atoms with Crippen molar-refractivity contribution in [3.63, 3.8) is 0 Å². The van der Waals surface area contributed by atoms with E-state index in [-0.39, 0.29) is 4.90 Å². The minimum atomic E-state index is -3.30. The van der Waals surface area contributed by atoms with Crippen LogP contribution >= 0.6 is 0 Å². The maximum absolute atomic E-state index is 12.0. The van der Waals surface area contributed by atoms with Gasteiger partial charge < -0.3 is 4.90 Å². The van der Waals surface area contributed by atoms with E-state index in [2.05, 4.69) is 35.0 Å². The van der Waals surface area contributed by atoms with Gasteiger partial charge in [0, 0.05) is 50.1 Å². The molecule has 0 bridgehead atoms. The summed E-state index contributed by atoms with van der Waals surface area (Å²) in [7, 11) is -1.13. The van der Waals surface area contributed by atoms with Crippen molar-refractivity contribution >= 4 is 15.5 Å². The Hall–Kier alpha value is -3.07. The van der Waals surface area contributed by atoms with Crippen LogP contribution in [0.1, 0.15) is 5.56 Å². The summed E-state index contributed by atoms with van der Waals surface area (Å²) in [6, 6.07) is 21.1. The molecule has 0 unspecified atom stereocenters. The predicted molar refractivity (Wildman–Crippen MR) is 130 cm³/mol. The number of pyridine rings is 1. The second kappa shape index (κ2) is 8.70. The van der Waals surface area contributed by atoms with Crippen LogP contribution in [0.3, 0.4) is 0 Å². The number of benzene rings is 2. The zero-order chi connectivity index (χ0) is 23.0. The Kier molecular flexibility index (Phi) is 5.74. The van der Waals surface area contributed by atoms with E-state index in [1.807, 2.05) is 30.3 Å². The SMILES string of the molecule is CN1CCN(Cc2cccc(-c3nc4cccc(-c5cccc(S(C)(=O)=O)c5)n4n3)c2)CC1. The number of rotatable bonds is 5. The zero-order valence-electron chi connectivity index (χ0n) is 18.8. The summed E-state index contributed by atoms with van der Waals surface area (Å²) in [5, 5.41) is 4.78. The second-order valence-corrected chi connectivity index (χ2v) is 10.7. The van der Waals surface area contributed by atoms with Crippen LogP contribution in [0.15, 0.2) is 71.6 Å². The highest BCUT2D eigenvalue weighted by molar-refractivity contribution is 7.90. The molecule has 7 nitrogen and oxygen atoms in total. The van der Waals surface area contributed by atoms with Crippen molar-refractivity contribution in [2.75, 3.05) is 39.5 Å². The van der Waals surface area contributed by atoms with Crippen molar-refractivity contribution in [2.24, 2.45) is 0 Å². The van der Waals surface area contributed by atoms with Gasteiger partial charge in [0.05, 0.1) is 10.6 Å². The van der Waals surface area contributed by atoms with E-state index in [0.29, 0.717) is 5.82 Å². The van der Waals surface area contributed by atoms with Crippen LogP contribution < -0.4 is 0 Å². The first-order chi connectivity index (χ1) is 15.9. The first-order valence-electron chi connectivity index (χ1n) is 11.0. The maximum Gasteiger partial charge on any atom is 0.182 e. The van der Waals surface area contributed by atoms with E-state index in [0.717, 1.165) is 55.2 Å². The van der Waals surface area contributed by atoms with Crippen LogP contribution in [-0.2, 0) is 16.4 Å². The van der Waals surface area contributed by atoms with Crippen molar-refractivity contribution in [2.45, 2.75) is 11.4 Å². The normalized spacial score (nSPS) is 15.8. The molecule has 3 heterocycles. The summed E-state index contributed by atoms with van der Waals surface area (Å²) in [5.41, 5.74) is 4.52. The van der Waals surface area contributed by atoms with E-state index in [1.54, 1.807) is 22.7 Å². The minimum Gasteiger partial charge on any atom is -0.304 e. The summed E-state index contributed by atoms with van der Waals surface area (Å²) in [6.07, 6.45) is 1.22. The van der Waals surface area contributed by atoms with Crippen LogP contribution in [0.2, 0.25) is 0 Å². The largest absolute Gasteiger partial charge is 0.304 e. The van der Waals surface area contributed by atoms with Crippen LogP contribution in [0.5, 0.6) is 0 Å². The molecule has 2 aromatic carbocycles. The third-order valence-electron chi connectivity index (χ3n) is 6.10. The molecule has 0 amide bonds. The van der Waals surface area contributed by atoms with E-state index >= 15 is 0 Å². The molecule has 1 saturated heterocycles. The lowest BCUT2D eigenvalue weighted by molar-refractivity contribution is 0.148. The van der Waals surface area contributed by atoms with Gasteiger partial charge in [0.2, 0.25) is 0 Å². The summed E-state index contributed by atoms with van der Waals surface area (Å²) >= 11 is 0. The first kappa shape index (κ1) is 21.8. The van der Waals surface area contributed by atoms with Crippen LogP contribution in [-0.4, -0.2) is 72.3 Å². The van der Waals surface area contributed by atoms with Gasteiger partial charge >= 0.3 is 0 Å². The molecule has 1 aliphatic rings. The lowest BCUT2D eigenvalue weighted by Crippen LogP contribution is -2.43. The highest BCUT2D eigenvalue weighted by atomic mass is 32.2. The maximum atomic E-state index is 12.0. The second-order valence-electron chi connectivity index (χ2n) is 8.70. The van der Waals surface area contributed by atoms with E-state index in [4.69, 9.17) is 10.1 Å². The number of hydrogen-bond donors (Lipinski definition) is 0. The van der Waals surface area contributed by atoms with Crippen molar-refractivity contribution in [3.8, 4) is 22.6 Å². The molecule has 1 aliphatic heterocycles. The van der Waals surface area contributed by atoms with Gasteiger partial charge in [-0.1, -0.05) is 36.4 Å². The van der Waals surface area contributed by atoms with Crippen LogP contribution in [0.25, 0.3) is 28.3 Å². The van der Waals surface area contributed by atoms with Gasteiger partial charge in [-0.25, -0.2) is 17.9 Å². The Morgan fingerprint density at radius 2 is 1.61 bits per heavy atom. The van der Waals surface area contributed by atoms with Crippen molar-refractivity contribution in [1.82, 2.24) is 24.4 Å². The Bertz CT molecular complexity index is 1410. The van der Waals surface area contributed by atoms with Gasteiger partial charge in [0.1, 0.15) is 0 Å². The third-order valence-corrected chi connectivity index (χ3v) is 7.22. The molecule has 5 rings (SSSR count). The molecule has 0 saturated carbocycles. The first-order valence-corrected chi connectivity index (χ1v) is 12.9. The highest BCUT2D eigenvalue weighted by Gasteiger charge is 2.16. The molecule has 0 spiro atoms. The molecule has 33 heavy (non-hydrogen) atoms. The average molecular weight is 462 g/mol. The molecule has 0 radical (unpaired) electrons. The molecule has 0 aliphatic carbocycles. The smallest absolute Gasteiger partial charge is 0.182 e. The fourth-order valence-corrected chi connectivity index (χ4v) is 4.87. The Labute approximate surface area is 194 Å². The number of fused-ring (bicyclic) bond motifs is 1. The van der Waals surface area contributed by atoms with Gasteiger partial charge in [-0.05, 0) is 42.9 Å². The van der Waals surface area contributed by atoms with Crippen LogP contribution in [0, 0.1) is 0 Å². The van der Waals surface area contributed by atoms with Crippen molar-refractivity contribution < 1.29 is 8.42 Å². The molecule has 0 N–H and O–H groups in total. The fourth-order valence-electron chi connectivity index (χ4n) is 4.21. The lowest BCUT2D eigenvalue weighted by Gasteiger charge is -2.32. The number of piperazine rings is 1. The summed E-state index contributed by atoms with van der Waals surface area (Å²) in [4.78, 5) is 9.87. The highest BCUT2D eigenvalue weighted by Crippen LogP contribution is 2.25. The van der Waals surface area contributed by atoms with Gasteiger partial charge in [-0.15, -0.1) is 5.10 Å². The van der Waals surface area contributed by atoms with Crippen molar-refractivity contribution in [1.29, 1.82) is 0 Å².